The molecule has 0 spiro atoms. The number of aryl methyl sites for hydroxylation is 1. The predicted octanol–water partition coefficient (Wildman–Crippen LogP) is 3.76. The fourth-order valence-electron chi connectivity index (χ4n) is 4.25. The Morgan fingerprint density at radius 2 is 1.71 bits per heavy atom. The number of nitrogens with one attached hydrogen (secondary N) is 2. The number of carboxylic acids is 1. The van der Waals surface area contributed by atoms with Gasteiger partial charge >= 0.3 is 12.1 Å². The molecule has 0 fully saturated rings. The number of carboxylic acid groups (broad SMARTS) is 1. The van der Waals surface area contributed by atoms with Crippen molar-refractivity contribution in [2.45, 2.75) is 31.7 Å². The van der Waals surface area contributed by atoms with Crippen LogP contribution in [0.1, 0.15) is 47.2 Å². The minimum Gasteiger partial charge on any atom is -0.477 e. The molecule has 1 aliphatic carbocycles. The SMILES string of the molecule is CC[C@H](CC(=O)Nc1c(C(=O)O)cnn1C)NC(=O)OCC1c2ccccc2-c2ccccc21. The number of carbonyl (C=O) groups is 3. The van der Waals surface area contributed by atoms with Crippen LogP contribution in [-0.2, 0) is 16.6 Å². The van der Waals surface area contributed by atoms with Crippen LogP contribution in [0.5, 0.6) is 0 Å². The van der Waals surface area contributed by atoms with Gasteiger partial charge in [0.15, 0.2) is 0 Å². The molecular weight excluding hydrogens is 436 g/mol. The van der Waals surface area contributed by atoms with E-state index in [0.29, 0.717) is 6.42 Å². The standard InChI is InChI=1S/C25H26N4O5/c1-3-15(12-22(30)28-23-20(24(31)32)13-26-29(23)2)27-25(33)34-14-21-18-10-6-4-8-16(18)17-9-5-7-11-19(17)21/h4-11,13,15,21H,3,12,14H2,1-2H3,(H,27,33)(H,28,30)(H,31,32)/t15-/m1/s1. The summed E-state index contributed by atoms with van der Waals surface area (Å²) in [5.41, 5.74) is 4.42. The van der Waals surface area contributed by atoms with Crippen molar-refractivity contribution in [1.29, 1.82) is 0 Å². The summed E-state index contributed by atoms with van der Waals surface area (Å²) in [6, 6.07) is 15.7. The first kappa shape index (κ1) is 23.0. The Hall–Kier alpha value is -4.14. The first-order valence-electron chi connectivity index (χ1n) is 11.1. The highest BCUT2D eigenvalue weighted by atomic mass is 16.5. The van der Waals surface area contributed by atoms with Crippen LogP contribution >= 0.6 is 0 Å². The van der Waals surface area contributed by atoms with Gasteiger partial charge in [0.2, 0.25) is 5.91 Å². The Kier molecular flexibility index (Phi) is 6.62. The number of ether oxygens (including phenoxy) is 1. The summed E-state index contributed by atoms with van der Waals surface area (Å²) < 4.78 is 6.83. The van der Waals surface area contributed by atoms with Gasteiger partial charge in [0, 0.05) is 25.4 Å². The minimum absolute atomic E-state index is 0.0368. The zero-order chi connectivity index (χ0) is 24.2. The molecule has 0 aliphatic heterocycles. The summed E-state index contributed by atoms with van der Waals surface area (Å²) in [7, 11) is 1.54. The molecule has 9 nitrogen and oxygen atoms in total. The molecule has 3 N–H and O–H groups in total. The smallest absolute Gasteiger partial charge is 0.407 e. The van der Waals surface area contributed by atoms with Gasteiger partial charge in [-0.05, 0) is 28.7 Å². The van der Waals surface area contributed by atoms with Crippen molar-refractivity contribution in [3.05, 3.63) is 71.4 Å². The number of hydrogen-bond acceptors (Lipinski definition) is 5. The average Bonchev–Trinajstić information content (AvgIpc) is 3.35. The van der Waals surface area contributed by atoms with E-state index in [2.05, 4.69) is 27.9 Å². The number of aromatic carboxylic acids is 1. The van der Waals surface area contributed by atoms with Crippen LogP contribution in [-0.4, -0.2) is 45.5 Å². The lowest BCUT2D eigenvalue weighted by atomic mass is 9.98. The van der Waals surface area contributed by atoms with Gasteiger partial charge in [0.1, 0.15) is 18.0 Å². The summed E-state index contributed by atoms with van der Waals surface area (Å²) in [5, 5.41) is 18.4. The maximum atomic E-state index is 12.5. The third-order valence-corrected chi connectivity index (χ3v) is 6.02. The molecule has 34 heavy (non-hydrogen) atoms. The van der Waals surface area contributed by atoms with Crippen molar-refractivity contribution in [3.8, 4) is 11.1 Å². The molecule has 4 rings (SSSR count). The summed E-state index contributed by atoms with van der Waals surface area (Å²) in [4.78, 5) is 36.3. The average molecular weight is 463 g/mol. The van der Waals surface area contributed by atoms with Gasteiger partial charge in [-0.3, -0.25) is 9.48 Å². The van der Waals surface area contributed by atoms with E-state index in [9.17, 15) is 19.5 Å². The molecule has 0 unspecified atom stereocenters. The van der Waals surface area contributed by atoms with E-state index in [1.165, 1.54) is 17.9 Å². The quantitative estimate of drug-likeness (QED) is 0.468. The van der Waals surface area contributed by atoms with Crippen LogP contribution in [0.4, 0.5) is 10.6 Å². The second kappa shape index (κ2) is 9.78. The lowest BCUT2D eigenvalue weighted by Gasteiger charge is -2.19. The number of carbonyl (C=O) groups excluding carboxylic acids is 2. The molecule has 9 heteroatoms. The van der Waals surface area contributed by atoms with Crippen LogP contribution in [0.15, 0.2) is 54.7 Å². The molecule has 0 radical (unpaired) electrons. The number of rotatable bonds is 8. The lowest BCUT2D eigenvalue weighted by Crippen LogP contribution is -2.38. The lowest BCUT2D eigenvalue weighted by molar-refractivity contribution is -0.116. The molecule has 3 aromatic rings. The highest BCUT2D eigenvalue weighted by Crippen LogP contribution is 2.44. The number of nitrogens with zero attached hydrogens (tertiary/aromatic N) is 2. The number of amides is 2. The van der Waals surface area contributed by atoms with Gasteiger partial charge in [-0.25, -0.2) is 9.59 Å². The van der Waals surface area contributed by atoms with Crippen LogP contribution in [0, 0.1) is 0 Å². The predicted molar refractivity (Wildman–Crippen MR) is 126 cm³/mol. The molecule has 2 aromatic carbocycles. The van der Waals surface area contributed by atoms with Crippen LogP contribution < -0.4 is 10.6 Å². The van der Waals surface area contributed by atoms with E-state index in [0.717, 1.165) is 22.3 Å². The third-order valence-electron chi connectivity index (χ3n) is 6.02. The third kappa shape index (κ3) is 4.63. The zero-order valence-electron chi connectivity index (χ0n) is 18.9. The first-order valence-corrected chi connectivity index (χ1v) is 11.1. The van der Waals surface area contributed by atoms with Crippen molar-refractivity contribution in [2.24, 2.45) is 7.05 Å². The Morgan fingerprint density at radius 3 is 2.29 bits per heavy atom. The normalized spacial score (nSPS) is 13.0. The maximum absolute atomic E-state index is 12.5. The molecule has 1 aliphatic rings. The maximum Gasteiger partial charge on any atom is 0.407 e. The fourth-order valence-corrected chi connectivity index (χ4v) is 4.25. The number of benzene rings is 2. The van der Waals surface area contributed by atoms with Crippen molar-refractivity contribution >= 4 is 23.8 Å². The van der Waals surface area contributed by atoms with E-state index in [1.54, 1.807) is 0 Å². The molecule has 1 heterocycles. The number of anilines is 1. The second-order valence-electron chi connectivity index (χ2n) is 8.16. The van der Waals surface area contributed by atoms with Gasteiger partial charge in [-0.2, -0.15) is 5.10 Å². The molecule has 0 saturated carbocycles. The minimum atomic E-state index is -1.19. The number of fused-ring (bicyclic) bond motifs is 3. The van der Waals surface area contributed by atoms with Gasteiger partial charge in [0.25, 0.3) is 0 Å². The van der Waals surface area contributed by atoms with Crippen molar-refractivity contribution in [1.82, 2.24) is 15.1 Å². The Morgan fingerprint density at radius 1 is 1.09 bits per heavy atom. The van der Waals surface area contributed by atoms with E-state index in [-0.39, 0.29) is 30.3 Å². The summed E-state index contributed by atoms with van der Waals surface area (Å²) in [5.74, 6) is -1.58. The monoisotopic (exact) mass is 462 g/mol. The van der Waals surface area contributed by atoms with Crippen molar-refractivity contribution < 1.29 is 24.2 Å². The Balaban J connectivity index is 1.35. The number of hydrogen-bond donors (Lipinski definition) is 3. The van der Waals surface area contributed by atoms with Crippen molar-refractivity contribution in [2.75, 3.05) is 11.9 Å². The first-order chi connectivity index (χ1) is 16.4. The van der Waals surface area contributed by atoms with E-state index < -0.39 is 24.0 Å². The number of aromatic nitrogens is 2. The highest BCUT2D eigenvalue weighted by molar-refractivity contribution is 5.99. The van der Waals surface area contributed by atoms with Gasteiger partial charge < -0.3 is 20.5 Å². The van der Waals surface area contributed by atoms with Crippen LogP contribution in [0.2, 0.25) is 0 Å². The topological polar surface area (TPSA) is 123 Å². The van der Waals surface area contributed by atoms with Crippen LogP contribution in [0.25, 0.3) is 11.1 Å². The highest BCUT2D eigenvalue weighted by Gasteiger charge is 2.29. The van der Waals surface area contributed by atoms with Gasteiger partial charge in [-0.1, -0.05) is 55.5 Å². The zero-order valence-corrected chi connectivity index (χ0v) is 18.9. The molecule has 176 valence electrons. The van der Waals surface area contributed by atoms with Gasteiger partial charge in [0.05, 0.1) is 6.20 Å². The number of alkyl carbamates (subject to hydrolysis) is 1. The Labute approximate surface area is 196 Å². The molecule has 0 bridgehead atoms. The summed E-state index contributed by atoms with van der Waals surface area (Å²) >= 11 is 0. The largest absolute Gasteiger partial charge is 0.477 e. The van der Waals surface area contributed by atoms with Crippen molar-refractivity contribution in [3.63, 3.8) is 0 Å². The fraction of sp³-hybridized carbons (Fsp3) is 0.280. The molecule has 2 amide bonds. The Bertz CT molecular complexity index is 1190. The second-order valence-corrected chi connectivity index (χ2v) is 8.16. The van der Waals surface area contributed by atoms with Crippen LogP contribution in [0.3, 0.4) is 0 Å². The van der Waals surface area contributed by atoms with Gasteiger partial charge in [-0.15, -0.1) is 0 Å². The molecule has 1 aromatic heterocycles. The molecule has 0 saturated heterocycles. The van der Waals surface area contributed by atoms with E-state index >= 15 is 0 Å². The molecule has 1 atom stereocenters. The van der Waals surface area contributed by atoms with E-state index in [1.807, 2.05) is 43.3 Å². The molecular formula is C25H26N4O5. The summed E-state index contributed by atoms with van der Waals surface area (Å²) in [6.45, 7) is 2.02. The summed E-state index contributed by atoms with van der Waals surface area (Å²) in [6.07, 6.45) is 1.03. The van der Waals surface area contributed by atoms with E-state index in [4.69, 9.17) is 4.74 Å².